The topological polar surface area (TPSA) is 92.2 Å². The molecule has 0 spiro atoms. The third-order valence-corrected chi connectivity index (χ3v) is 2.79. The number of hydrogen-bond donors (Lipinski definition) is 2. The van der Waals surface area contributed by atoms with Crippen molar-refractivity contribution < 1.29 is 14.7 Å². The summed E-state index contributed by atoms with van der Waals surface area (Å²) in [5, 5.41) is 11.6. The monoisotopic (exact) mass is 305 g/mol. The summed E-state index contributed by atoms with van der Waals surface area (Å²) in [5.74, 6) is -0.826. The highest BCUT2D eigenvalue weighted by Crippen LogP contribution is 2.15. The quantitative estimate of drug-likeness (QED) is 0.815. The molecule has 1 atom stereocenters. The number of allylic oxidation sites excluding steroid dienone is 1. The van der Waals surface area contributed by atoms with E-state index in [9.17, 15) is 14.7 Å². The van der Waals surface area contributed by atoms with Crippen LogP contribution in [0.2, 0.25) is 0 Å². The van der Waals surface area contributed by atoms with Gasteiger partial charge in [-0.3, -0.25) is 4.79 Å². The Hall–Kier alpha value is -2.24. The lowest BCUT2D eigenvalue weighted by atomic mass is 9.95. The van der Waals surface area contributed by atoms with Gasteiger partial charge in [-0.15, -0.1) is 0 Å². The summed E-state index contributed by atoms with van der Waals surface area (Å²) < 4.78 is 0. The van der Waals surface area contributed by atoms with Gasteiger partial charge >= 0.3 is 5.97 Å². The van der Waals surface area contributed by atoms with Crippen molar-refractivity contribution in [3.8, 4) is 0 Å². The van der Waals surface area contributed by atoms with Gasteiger partial charge in [0.05, 0.1) is 5.56 Å². The maximum Gasteiger partial charge on any atom is 0.330 e. The summed E-state index contributed by atoms with van der Waals surface area (Å²) >= 11 is 0. The summed E-state index contributed by atoms with van der Waals surface area (Å²) in [7, 11) is 0. The van der Waals surface area contributed by atoms with Crippen LogP contribution in [0.15, 0.2) is 24.5 Å². The third kappa shape index (κ3) is 5.63. The minimum atomic E-state index is -1.12. The van der Waals surface area contributed by atoms with Crippen LogP contribution < -0.4 is 5.32 Å². The van der Waals surface area contributed by atoms with Crippen LogP contribution in [0, 0.1) is 5.41 Å². The molecule has 0 aliphatic rings. The molecule has 0 aromatic carbocycles. The Morgan fingerprint density at radius 1 is 1.23 bits per heavy atom. The number of carbonyl (C=O) groups excluding carboxylic acids is 1. The Kier molecular flexibility index (Phi) is 5.79. The summed E-state index contributed by atoms with van der Waals surface area (Å²) in [4.78, 5) is 31.5. The largest absolute Gasteiger partial charge is 0.479 e. The predicted octanol–water partition coefficient (Wildman–Crippen LogP) is 2.39. The van der Waals surface area contributed by atoms with Crippen molar-refractivity contribution in [2.24, 2.45) is 5.41 Å². The van der Waals surface area contributed by atoms with Crippen LogP contribution in [0.4, 0.5) is 0 Å². The van der Waals surface area contributed by atoms with Gasteiger partial charge in [0.25, 0.3) is 5.91 Å². The van der Waals surface area contributed by atoms with Crippen LogP contribution >= 0.6 is 0 Å². The zero-order valence-electron chi connectivity index (χ0n) is 13.6. The van der Waals surface area contributed by atoms with Gasteiger partial charge in [0, 0.05) is 18.3 Å². The second kappa shape index (κ2) is 7.15. The summed E-state index contributed by atoms with van der Waals surface area (Å²) in [6, 6.07) is -1.09. The van der Waals surface area contributed by atoms with Crippen molar-refractivity contribution >= 4 is 11.9 Å². The third-order valence-electron chi connectivity index (χ3n) is 2.79. The summed E-state index contributed by atoms with van der Waals surface area (Å²) in [6.45, 7) is 9.74. The second-order valence-corrected chi connectivity index (χ2v) is 6.50. The Labute approximate surface area is 130 Å². The first-order valence-electron chi connectivity index (χ1n) is 7.15. The van der Waals surface area contributed by atoms with Crippen molar-refractivity contribution in [1.82, 2.24) is 15.3 Å². The fraction of sp³-hybridized carbons (Fsp3) is 0.500. The van der Waals surface area contributed by atoms with Crippen molar-refractivity contribution in [2.75, 3.05) is 0 Å². The van der Waals surface area contributed by atoms with Crippen LogP contribution in [-0.2, 0) is 4.79 Å². The summed E-state index contributed by atoms with van der Waals surface area (Å²) in [6.07, 6.45) is 6.04. The van der Waals surface area contributed by atoms with Gasteiger partial charge in [-0.1, -0.05) is 46.8 Å². The number of aromatic nitrogens is 2. The van der Waals surface area contributed by atoms with Crippen LogP contribution in [0.25, 0.3) is 0 Å². The van der Waals surface area contributed by atoms with Crippen LogP contribution in [0.5, 0.6) is 0 Å². The van der Waals surface area contributed by atoms with E-state index < -0.39 is 17.9 Å². The highest BCUT2D eigenvalue weighted by atomic mass is 16.4. The van der Waals surface area contributed by atoms with E-state index in [1.165, 1.54) is 18.5 Å². The van der Waals surface area contributed by atoms with E-state index in [0.29, 0.717) is 5.82 Å². The lowest BCUT2D eigenvalue weighted by Gasteiger charge is -2.15. The minimum absolute atomic E-state index is 0.165. The molecule has 0 aliphatic carbocycles. The van der Waals surface area contributed by atoms with E-state index in [0.717, 1.165) is 0 Å². The number of rotatable bonds is 5. The molecule has 0 bridgehead atoms. The molecule has 120 valence electrons. The molecule has 0 saturated heterocycles. The van der Waals surface area contributed by atoms with E-state index in [1.807, 2.05) is 34.6 Å². The lowest BCUT2D eigenvalue weighted by Crippen LogP contribution is -2.39. The van der Waals surface area contributed by atoms with Gasteiger partial charge in [0.15, 0.2) is 0 Å². The van der Waals surface area contributed by atoms with E-state index in [1.54, 1.807) is 6.08 Å². The molecule has 1 rings (SSSR count). The second-order valence-electron chi connectivity index (χ2n) is 6.50. The van der Waals surface area contributed by atoms with Crippen LogP contribution in [0.1, 0.15) is 56.7 Å². The van der Waals surface area contributed by atoms with Crippen LogP contribution in [0.3, 0.4) is 0 Å². The number of amides is 1. The fourth-order valence-electron chi connectivity index (χ4n) is 1.56. The van der Waals surface area contributed by atoms with Gasteiger partial charge in [-0.2, -0.15) is 0 Å². The van der Waals surface area contributed by atoms with Gasteiger partial charge in [-0.05, 0) is 5.41 Å². The zero-order chi connectivity index (χ0) is 16.9. The number of carboxylic acids is 1. The minimum Gasteiger partial charge on any atom is -0.479 e. The van der Waals surface area contributed by atoms with E-state index in [4.69, 9.17) is 0 Å². The van der Waals surface area contributed by atoms with Crippen molar-refractivity contribution in [3.05, 3.63) is 35.9 Å². The molecular weight excluding hydrogens is 282 g/mol. The number of carboxylic acid groups (broad SMARTS) is 1. The number of aliphatic carboxylic acids is 1. The molecule has 1 aromatic heterocycles. The van der Waals surface area contributed by atoms with E-state index in [2.05, 4.69) is 15.3 Å². The maximum atomic E-state index is 12.1. The molecule has 0 aliphatic heterocycles. The molecule has 22 heavy (non-hydrogen) atoms. The molecule has 6 nitrogen and oxygen atoms in total. The van der Waals surface area contributed by atoms with Gasteiger partial charge < -0.3 is 10.4 Å². The highest BCUT2D eigenvalue weighted by molar-refractivity contribution is 5.96. The first-order valence-corrected chi connectivity index (χ1v) is 7.15. The Bertz CT molecular complexity index is 557. The maximum absolute atomic E-state index is 12.1. The van der Waals surface area contributed by atoms with Crippen molar-refractivity contribution in [3.63, 3.8) is 0 Å². The predicted molar refractivity (Wildman–Crippen MR) is 83.6 cm³/mol. The van der Waals surface area contributed by atoms with Crippen LogP contribution in [-0.4, -0.2) is 33.0 Å². The molecule has 1 heterocycles. The van der Waals surface area contributed by atoms with Gasteiger partial charge in [0.1, 0.15) is 11.9 Å². The highest BCUT2D eigenvalue weighted by Gasteiger charge is 2.19. The van der Waals surface area contributed by atoms with Crippen molar-refractivity contribution in [1.29, 1.82) is 0 Å². The number of hydrogen-bond acceptors (Lipinski definition) is 4. The average Bonchev–Trinajstić information content (AvgIpc) is 2.41. The SMILES string of the molecule is CC(C)c1ncc(C(=O)NC(/C=C/C(C)(C)C)C(=O)O)cn1. The molecule has 0 fully saturated rings. The van der Waals surface area contributed by atoms with Crippen molar-refractivity contribution in [2.45, 2.75) is 46.6 Å². The molecule has 1 aromatic rings. The Morgan fingerprint density at radius 3 is 2.18 bits per heavy atom. The van der Waals surface area contributed by atoms with Gasteiger partial charge in [-0.25, -0.2) is 14.8 Å². The molecule has 0 radical (unpaired) electrons. The smallest absolute Gasteiger partial charge is 0.330 e. The molecule has 0 saturated carbocycles. The zero-order valence-corrected chi connectivity index (χ0v) is 13.6. The standard InChI is InChI=1S/C16H23N3O3/c1-10(2)13-17-8-11(9-18-13)14(20)19-12(15(21)22)6-7-16(3,4)5/h6-10,12H,1-5H3,(H,19,20)(H,21,22)/b7-6+. The fourth-order valence-corrected chi connectivity index (χ4v) is 1.56. The Morgan fingerprint density at radius 2 is 1.77 bits per heavy atom. The number of nitrogens with one attached hydrogen (secondary N) is 1. The Balaban J connectivity index is 2.83. The first kappa shape index (κ1) is 17.8. The molecule has 6 heteroatoms. The summed E-state index contributed by atoms with van der Waals surface area (Å²) in [5.41, 5.74) is 0.0697. The first-order chi connectivity index (χ1) is 10.1. The van der Waals surface area contributed by atoms with Gasteiger partial charge in [0.2, 0.25) is 0 Å². The van der Waals surface area contributed by atoms with E-state index >= 15 is 0 Å². The number of carbonyl (C=O) groups is 2. The molecular formula is C16H23N3O3. The average molecular weight is 305 g/mol. The molecule has 2 N–H and O–H groups in total. The molecule has 1 unspecified atom stereocenters. The lowest BCUT2D eigenvalue weighted by molar-refractivity contribution is -0.137. The van der Waals surface area contributed by atoms with E-state index in [-0.39, 0.29) is 16.9 Å². The number of nitrogens with zero attached hydrogens (tertiary/aromatic N) is 2. The normalized spacial score (nSPS) is 13.4. The molecule has 1 amide bonds.